The van der Waals surface area contributed by atoms with Crippen molar-refractivity contribution in [1.29, 1.82) is 0 Å². The lowest BCUT2D eigenvalue weighted by Gasteiger charge is -2.68. The number of ether oxygens (including phenoxy) is 5. The Bertz CT molecular complexity index is 1820. The van der Waals surface area contributed by atoms with E-state index in [1.165, 1.54) is 6.92 Å². The van der Waals surface area contributed by atoms with Crippen molar-refractivity contribution in [2.75, 3.05) is 6.61 Å². The zero-order chi connectivity index (χ0) is 40.1. The molecule has 2 bridgehead atoms. The number of aliphatic hydroxyl groups excluding tert-OH is 1. The number of para-hydroxylation sites is 1. The van der Waals surface area contributed by atoms with Crippen LogP contribution in [0.15, 0.2) is 71.8 Å². The van der Waals surface area contributed by atoms with Gasteiger partial charge in [0, 0.05) is 37.4 Å². The monoisotopic (exact) mass is 794 g/mol. The van der Waals surface area contributed by atoms with Gasteiger partial charge in [-0.1, -0.05) is 71.0 Å². The van der Waals surface area contributed by atoms with Gasteiger partial charge in [-0.05, 0) is 67.4 Å². The van der Waals surface area contributed by atoms with E-state index >= 15 is 4.79 Å². The minimum atomic E-state index is -2.51. The summed E-state index contributed by atoms with van der Waals surface area (Å²) in [7, 11) is -2.51. The number of esters is 2. The number of benzene rings is 2. The number of thiocarbonyl (C=S) groups is 1. The van der Waals surface area contributed by atoms with E-state index in [9.17, 15) is 19.8 Å². The van der Waals surface area contributed by atoms with E-state index < -0.39 is 84.5 Å². The smallest absolute Gasteiger partial charge is 0.358 e. The average molecular weight is 795 g/mol. The van der Waals surface area contributed by atoms with Gasteiger partial charge in [-0.3, -0.25) is 9.59 Å². The van der Waals surface area contributed by atoms with Gasteiger partial charge in [0.1, 0.15) is 23.6 Å². The molecule has 2 N–H and O–H groups in total. The summed E-state index contributed by atoms with van der Waals surface area (Å²) in [6.45, 7) is 14.3. The molecule has 1 saturated heterocycles. The minimum absolute atomic E-state index is 0.128. The topological polar surface area (TPSA) is 147 Å². The number of hydrogen-bond donors (Lipinski definition) is 2. The zero-order valence-corrected chi connectivity index (χ0v) is 34.8. The number of carbonyl (C=O) groups is 3. The molecule has 2 saturated carbocycles. The van der Waals surface area contributed by atoms with Crippen molar-refractivity contribution in [3.63, 3.8) is 0 Å². The number of carbonyl (C=O) groups excluding carboxylic acids is 3. The lowest BCUT2D eigenvalue weighted by Crippen LogP contribution is -2.82. The molecule has 13 heteroatoms. The second-order valence-electron chi connectivity index (χ2n) is 16.3. The fourth-order valence-electron chi connectivity index (χ4n) is 9.90. The van der Waals surface area contributed by atoms with Gasteiger partial charge in [-0.2, -0.15) is 0 Å². The molecule has 11 nitrogen and oxygen atoms in total. The summed E-state index contributed by atoms with van der Waals surface area (Å²) < 4.78 is 38.8. The summed E-state index contributed by atoms with van der Waals surface area (Å²) in [5.41, 5.74) is -5.78. The maximum absolute atomic E-state index is 16.1. The highest BCUT2D eigenvalue weighted by Gasteiger charge is 2.78. The van der Waals surface area contributed by atoms with Crippen molar-refractivity contribution in [2.24, 2.45) is 16.7 Å². The lowest BCUT2D eigenvalue weighted by molar-refractivity contribution is -0.344. The Morgan fingerprint density at radius 3 is 2.11 bits per heavy atom. The zero-order valence-electron chi connectivity index (χ0n) is 33.0. The van der Waals surface area contributed by atoms with Gasteiger partial charge in [0.2, 0.25) is 0 Å². The Labute approximate surface area is 329 Å². The van der Waals surface area contributed by atoms with E-state index in [-0.39, 0.29) is 35.8 Å². The molecule has 0 radical (unpaired) electrons. The molecular formula is C42H54O11SSi. The molecule has 0 aromatic heterocycles. The second-order valence-corrected chi connectivity index (χ2v) is 21.3. The van der Waals surface area contributed by atoms with Gasteiger partial charge in [-0.25, -0.2) is 4.79 Å². The van der Waals surface area contributed by atoms with Crippen LogP contribution in [0.25, 0.3) is 0 Å². The minimum Gasteiger partial charge on any atom is -0.455 e. The third-order valence-electron chi connectivity index (χ3n) is 13.4. The first-order chi connectivity index (χ1) is 25.9. The number of rotatable bonds is 10. The molecule has 4 aliphatic rings. The van der Waals surface area contributed by atoms with E-state index in [1.807, 2.05) is 6.07 Å². The second kappa shape index (κ2) is 15.1. The van der Waals surface area contributed by atoms with Crippen molar-refractivity contribution >= 4 is 43.5 Å². The van der Waals surface area contributed by atoms with Crippen LogP contribution >= 0.6 is 12.2 Å². The predicted octanol–water partition coefficient (Wildman–Crippen LogP) is 6.50. The first kappa shape index (κ1) is 41.2. The van der Waals surface area contributed by atoms with Gasteiger partial charge < -0.3 is 38.3 Å². The first-order valence-corrected chi connectivity index (χ1v) is 22.2. The van der Waals surface area contributed by atoms with Crippen molar-refractivity contribution in [1.82, 2.24) is 0 Å². The highest BCUT2D eigenvalue weighted by Crippen LogP contribution is 2.65. The Hall–Kier alpha value is -3.46. The molecule has 0 spiro atoms. The van der Waals surface area contributed by atoms with Crippen LogP contribution in [-0.2, 0) is 33.0 Å². The van der Waals surface area contributed by atoms with Crippen LogP contribution in [0.1, 0.15) is 78.6 Å². The maximum atomic E-state index is 16.1. The van der Waals surface area contributed by atoms with E-state index in [2.05, 4.69) is 20.8 Å². The lowest BCUT2D eigenvalue weighted by atomic mass is 9.44. The molecule has 0 unspecified atom stereocenters. The van der Waals surface area contributed by atoms with Crippen molar-refractivity contribution < 1.29 is 52.7 Å². The number of fused-ring (bicyclic) bond motifs is 5. The highest BCUT2D eigenvalue weighted by molar-refractivity contribution is 7.79. The van der Waals surface area contributed by atoms with E-state index in [0.29, 0.717) is 11.3 Å². The van der Waals surface area contributed by atoms with E-state index in [1.54, 1.807) is 82.3 Å². The van der Waals surface area contributed by atoms with Gasteiger partial charge in [-0.15, -0.1) is 0 Å². The van der Waals surface area contributed by atoms with Gasteiger partial charge in [0.05, 0.1) is 35.7 Å². The maximum Gasteiger partial charge on any atom is 0.358 e. The fourth-order valence-corrected chi connectivity index (χ4v) is 13.0. The molecule has 0 amide bonds. The summed E-state index contributed by atoms with van der Waals surface area (Å²) in [5.74, 6) is -2.74. The van der Waals surface area contributed by atoms with Crippen molar-refractivity contribution in [2.45, 2.75) is 128 Å². The largest absolute Gasteiger partial charge is 0.455 e. The molecule has 3 fully saturated rings. The van der Waals surface area contributed by atoms with Crippen LogP contribution in [0.2, 0.25) is 18.1 Å². The number of Topliss-reactive ketones (excluding diaryl/α,β-unsaturated/α-hetero) is 1. The Morgan fingerprint density at radius 2 is 1.56 bits per heavy atom. The highest BCUT2D eigenvalue weighted by atomic mass is 32.1. The van der Waals surface area contributed by atoms with Gasteiger partial charge in [0.15, 0.2) is 25.8 Å². The SMILES string of the molecule is CC[Si](CC)(CC)O[C@H]1C[C@H]2OC[C@@]2(OC(C)=O)[C@H]2[C@H](OC(=O)c3ccccc3)[C@]3(O)C[C@H](O)C(C)=C([C@@H](OC(=S)Oc4ccccc4)C(=O)[C@]12C)C3(C)C. The summed E-state index contributed by atoms with van der Waals surface area (Å²) in [4.78, 5) is 43.6. The molecule has 2 aromatic rings. The van der Waals surface area contributed by atoms with Crippen LogP contribution in [0.3, 0.4) is 0 Å². The van der Waals surface area contributed by atoms with E-state index in [0.717, 1.165) is 18.1 Å². The summed E-state index contributed by atoms with van der Waals surface area (Å²) in [6, 6.07) is 19.4. The normalized spacial score (nSPS) is 33.8. The van der Waals surface area contributed by atoms with Crippen LogP contribution in [-0.4, -0.2) is 89.8 Å². The van der Waals surface area contributed by atoms with Crippen LogP contribution < -0.4 is 4.74 Å². The Kier molecular flexibility index (Phi) is 11.3. The number of hydrogen-bond acceptors (Lipinski definition) is 12. The van der Waals surface area contributed by atoms with Crippen LogP contribution in [0.4, 0.5) is 0 Å². The van der Waals surface area contributed by atoms with Crippen molar-refractivity contribution in [3.8, 4) is 5.75 Å². The quantitative estimate of drug-likeness (QED) is 0.117. The third kappa shape index (κ3) is 6.68. The molecule has 298 valence electrons. The molecule has 9 atom stereocenters. The third-order valence-corrected chi connectivity index (χ3v) is 18.2. The van der Waals surface area contributed by atoms with Crippen molar-refractivity contribution in [3.05, 3.63) is 77.4 Å². The summed E-state index contributed by atoms with van der Waals surface area (Å²) in [5, 5.41) is 25.0. The molecular weight excluding hydrogens is 741 g/mol. The molecule has 1 aliphatic heterocycles. The number of aliphatic hydroxyl groups is 2. The Morgan fingerprint density at radius 1 is 0.964 bits per heavy atom. The molecule has 3 aliphatic carbocycles. The molecule has 6 rings (SSSR count). The first-order valence-electron chi connectivity index (χ1n) is 19.3. The summed E-state index contributed by atoms with van der Waals surface area (Å²) in [6.07, 6.45) is -6.02. The average Bonchev–Trinajstić information content (AvgIpc) is 3.15. The fraction of sp³-hybridized carbons (Fsp3) is 0.571. The molecule has 2 aromatic carbocycles. The predicted molar refractivity (Wildman–Crippen MR) is 210 cm³/mol. The number of ketones is 1. The molecule has 55 heavy (non-hydrogen) atoms. The van der Waals surface area contributed by atoms with Gasteiger partial charge in [0.25, 0.3) is 0 Å². The molecule has 1 heterocycles. The van der Waals surface area contributed by atoms with Gasteiger partial charge >= 0.3 is 17.2 Å². The van der Waals surface area contributed by atoms with Crippen LogP contribution in [0, 0.1) is 16.7 Å². The summed E-state index contributed by atoms with van der Waals surface area (Å²) >= 11 is 5.66. The Balaban J connectivity index is 1.65. The van der Waals surface area contributed by atoms with E-state index in [4.69, 9.17) is 40.3 Å². The standard InChI is InChI=1S/C42H54O11SSi/c1-9-55(10-2,11-3)53-30-22-31-41(24-48-31,52-26(5)43)34-36(51-37(46)27-18-14-12-15-19-27)42(47)23-29(44)25(4)32(39(42,6)7)33(35(45)40(30,34)8)50-38(54)49-28-20-16-13-17-21-28/h12-21,29-31,33-34,36,44,47H,9-11,22-24H2,1-8H3/t29-,30-,31+,33+,34-,36-,40+,41-,42+/m0/s1. The van der Waals surface area contributed by atoms with Crippen LogP contribution in [0.5, 0.6) is 5.75 Å².